The number of alkyl halides is 3. The van der Waals surface area contributed by atoms with Crippen LogP contribution in [-0.2, 0) is 0 Å². The average Bonchev–Trinajstić information content (AvgIpc) is 2.21. The van der Waals surface area contributed by atoms with Crippen LogP contribution >= 0.6 is 24.0 Å². The molecule has 3 N–H and O–H groups in total. The van der Waals surface area contributed by atoms with E-state index in [2.05, 4.69) is 0 Å². The number of benzene rings is 1. The van der Waals surface area contributed by atoms with Crippen LogP contribution in [0.25, 0.3) is 0 Å². The molecule has 2 nitrogen and oxygen atoms in total. The minimum Gasteiger partial charge on any atom is -0.382 e. The lowest BCUT2D eigenvalue weighted by Crippen LogP contribution is -2.39. The largest absolute Gasteiger partial charge is 0.416 e. The molecule has 0 radical (unpaired) electrons. The van der Waals surface area contributed by atoms with Gasteiger partial charge in [-0.3, -0.25) is 0 Å². The van der Waals surface area contributed by atoms with Gasteiger partial charge in [-0.15, -0.1) is 12.4 Å². The quantitative estimate of drug-likeness (QED) is 0.825. The molecule has 0 amide bonds. The zero-order valence-corrected chi connectivity index (χ0v) is 10.7. The van der Waals surface area contributed by atoms with Crippen molar-refractivity contribution >= 4 is 24.0 Å². The van der Waals surface area contributed by atoms with Crippen molar-refractivity contribution in [3.63, 3.8) is 0 Å². The van der Waals surface area contributed by atoms with Crippen molar-refractivity contribution in [1.29, 1.82) is 0 Å². The van der Waals surface area contributed by atoms with Crippen molar-refractivity contribution < 1.29 is 22.7 Å². The summed E-state index contributed by atoms with van der Waals surface area (Å²) in [6, 6.07) is 0.592. The van der Waals surface area contributed by atoms with Gasteiger partial charge in [-0.05, 0) is 18.6 Å². The molecule has 1 aromatic rings. The van der Waals surface area contributed by atoms with Gasteiger partial charge in [0.1, 0.15) is 5.82 Å². The summed E-state index contributed by atoms with van der Waals surface area (Å²) >= 11 is 5.59. The fraction of sp³-hybridized carbons (Fsp3) is 0.400. The fourth-order valence-corrected chi connectivity index (χ4v) is 1.62. The van der Waals surface area contributed by atoms with E-state index in [9.17, 15) is 17.6 Å². The van der Waals surface area contributed by atoms with E-state index in [1.165, 1.54) is 19.1 Å². The highest BCUT2D eigenvalue weighted by Gasteiger charge is 2.44. The lowest BCUT2D eigenvalue weighted by Gasteiger charge is -2.23. The Morgan fingerprint density at radius 1 is 1.33 bits per heavy atom. The highest BCUT2D eigenvalue weighted by Crippen LogP contribution is 2.34. The van der Waals surface area contributed by atoms with Crippen LogP contribution in [0.1, 0.15) is 17.2 Å². The monoisotopic (exact) mass is 307 g/mol. The normalized spacial score (nSPS) is 14.9. The second-order valence-corrected chi connectivity index (χ2v) is 4.01. The Bertz CT molecular complexity index is 425. The molecule has 0 bridgehead atoms. The second kappa shape index (κ2) is 6.06. The van der Waals surface area contributed by atoms with Crippen LogP contribution < -0.4 is 5.73 Å². The van der Waals surface area contributed by atoms with Crippen LogP contribution in [0.3, 0.4) is 0 Å². The predicted molar refractivity (Wildman–Crippen MR) is 62.4 cm³/mol. The molecule has 0 aromatic heterocycles. The van der Waals surface area contributed by atoms with Crippen molar-refractivity contribution in [3.05, 3.63) is 34.1 Å². The SMILES string of the molecule is Cc1ccc(Cl)c([C@@H](N)[C@@H](O)C(F)(F)F)c1F.Cl. The van der Waals surface area contributed by atoms with Gasteiger partial charge < -0.3 is 10.8 Å². The number of hydrogen-bond donors (Lipinski definition) is 2. The number of aliphatic hydroxyl groups excluding tert-OH is 1. The third kappa shape index (κ3) is 3.47. The molecule has 0 spiro atoms. The first-order chi connectivity index (χ1) is 7.66. The van der Waals surface area contributed by atoms with Gasteiger partial charge in [-0.25, -0.2) is 4.39 Å². The van der Waals surface area contributed by atoms with Gasteiger partial charge in [0.25, 0.3) is 0 Å². The first-order valence-corrected chi connectivity index (χ1v) is 4.99. The van der Waals surface area contributed by atoms with Crippen molar-refractivity contribution in [2.45, 2.75) is 25.2 Å². The maximum absolute atomic E-state index is 13.6. The first kappa shape index (κ1) is 17.4. The molecule has 0 aliphatic rings. The molecule has 0 saturated carbocycles. The topological polar surface area (TPSA) is 46.2 Å². The minimum atomic E-state index is -4.93. The fourth-order valence-electron chi connectivity index (χ4n) is 1.35. The van der Waals surface area contributed by atoms with Crippen LogP contribution in [0.4, 0.5) is 17.6 Å². The van der Waals surface area contributed by atoms with E-state index in [0.29, 0.717) is 0 Å². The number of halogens is 6. The molecular weight excluding hydrogens is 297 g/mol. The Morgan fingerprint density at radius 3 is 2.28 bits per heavy atom. The molecule has 8 heteroatoms. The molecule has 2 atom stereocenters. The molecule has 0 aliphatic heterocycles. The maximum Gasteiger partial charge on any atom is 0.416 e. The number of aliphatic hydroxyl groups is 1. The molecule has 18 heavy (non-hydrogen) atoms. The molecular formula is C10H11Cl2F4NO. The summed E-state index contributed by atoms with van der Waals surface area (Å²) in [5.74, 6) is -0.937. The average molecular weight is 308 g/mol. The van der Waals surface area contributed by atoms with Crippen molar-refractivity contribution in [2.24, 2.45) is 5.73 Å². The Labute approximate surface area is 112 Å². The van der Waals surface area contributed by atoms with Crippen LogP contribution in [0, 0.1) is 12.7 Å². The molecule has 0 saturated heterocycles. The predicted octanol–water partition coefficient (Wildman–Crippen LogP) is 3.13. The molecule has 104 valence electrons. The van der Waals surface area contributed by atoms with Crippen molar-refractivity contribution in [3.8, 4) is 0 Å². The number of rotatable bonds is 2. The summed E-state index contributed by atoms with van der Waals surface area (Å²) in [5.41, 5.74) is 4.78. The standard InChI is InChI=1S/C10H10ClF4NO.ClH/c1-4-2-3-5(11)6(7(4)12)8(16)9(17)10(13,14)15;/h2-3,8-9,17H,16H2,1H3;1H/t8-,9-;/m1./s1. The van der Waals surface area contributed by atoms with E-state index in [1.54, 1.807) is 0 Å². The Kier molecular flexibility index (Phi) is 5.87. The van der Waals surface area contributed by atoms with E-state index in [4.69, 9.17) is 22.4 Å². The second-order valence-electron chi connectivity index (χ2n) is 3.60. The Balaban J connectivity index is 0.00000289. The summed E-state index contributed by atoms with van der Waals surface area (Å²) in [6.45, 7) is 1.36. The van der Waals surface area contributed by atoms with E-state index >= 15 is 0 Å². The summed E-state index contributed by atoms with van der Waals surface area (Å²) in [4.78, 5) is 0. The molecule has 0 fully saturated rings. The van der Waals surface area contributed by atoms with E-state index in [1.807, 2.05) is 0 Å². The van der Waals surface area contributed by atoms with Gasteiger partial charge in [-0.1, -0.05) is 17.7 Å². The molecule has 1 aromatic carbocycles. The van der Waals surface area contributed by atoms with E-state index in [0.717, 1.165) is 0 Å². The van der Waals surface area contributed by atoms with Gasteiger partial charge in [0, 0.05) is 10.6 Å². The van der Waals surface area contributed by atoms with E-state index in [-0.39, 0.29) is 23.0 Å². The third-order valence-corrected chi connectivity index (χ3v) is 2.66. The van der Waals surface area contributed by atoms with Crippen LogP contribution in [0.2, 0.25) is 5.02 Å². The maximum atomic E-state index is 13.6. The molecule has 0 heterocycles. The zero-order chi connectivity index (χ0) is 13.4. The Morgan fingerprint density at radius 2 is 1.83 bits per heavy atom. The van der Waals surface area contributed by atoms with Crippen molar-refractivity contribution in [2.75, 3.05) is 0 Å². The molecule has 0 aliphatic carbocycles. The number of aryl methyl sites for hydroxylation is 1. The molecule has 0 unspecified atom stereocenters. The number of nitrogens with two attached hydrogens (primary N) is 1. The Hall–Kier alpha value is -0.560. The highest BCUT2D eigenvalue weighted by atomic mass is 35.5. The van der Waals surface area contributed by atoms with Crippen LogP contribution in [0.5, 0.6) is 0 Å². The van der Waals surface area contributed by atoms with Gasteiger partial charge in [0.05, 0.1) is 6.04 Å². The summed E-state index contributed by atoms with van der Waals surface area (Å²) < 4.78 is 50.4. The van der Waals surface area contributed by atoms with Crippen LogP contribution in [-0.4, -0.2) is 17.4 Å². The lowest BCUT2D eigenvalue weighted by atomic mass is 9.99. The van der Waals surface area contributed by atoms with Gasteiger partial charge in [0.2, 0.25) is 0 Å². The summed E-state index contributed by atoms with van der Waals surface area (Å²) in [7, 11) is 0. The van der Waals surface area contributed by atoms with Crippen LogP contribution in [0.15, 0.2) is 12.1 Å². The highest BCUT2D eigenvalue weighted by molar-refractivity contribution is 6.31. The van der Waals surface area contributed by atoms with Gasteiger partial charge >= 0.3 is 6.18 Å². The van der Waals surface area contributed by atoms with Gasteiger partial charge in [0.15, 0.2) is 6.10 Å². The first-order valence-electron chi connectivity index (χ1n) is 4.61. The lowest BCUT2D eigenvalue weighted by molar-refractivity contribution is -0.210. The molecule has 1 rings (SSSR count). The van der Waals surface area contributed by atoms with E-state index < -0.39 is 29.7 Å². The number of hydrogen-bond acceptors (Lipinski definition) is 2. The smallest absolute Gasteiger partial charge is 0.382 e. The summed E-state index contributed by atoms with van der Waals surface area (Å²) in [6.07, 6.45) is -7.80. The summed E-state index contributed by atoms with van der Waals surface area (Å²) in [5, 5.41) is 8.73. The van der Waals surface area contributed by atoms with Gasteiger partial charge in [-0.2, -0.15) is 13.2 Å². The minimum absolute atomic E-state index is 0. The van der Waals surface area contributed by atoms with Crippen molar-refractivity contribution in [1.82, 2.24) is 0 Å². The third-order valence-electron chi connectivity index (χ3n) is 2.33. The zero-order valence-electron chi connectivity index (χ0n) is 9.13.